The molecular weight excluding hydrogens is 664 g/mol. The number of para-hydroxylation sites is 1. The van der Waals surface area contributed by atoms with Crippen LogP contribution in [0.15, 0.2) is 24.3 Å². The standard InChI is InChI=1S/C40H68N4O8/c1-26(2)31(36(41)43-38(48)30-14-10-11-15-35(30)51-23-13-12-22-50-9)24-33(39(49)52-40(6,7)8)34(46)25-32(27(3)4)37(47)42-18-21-44-19-16-29(17-20-44)28(5)45/h10-11,14-15,26-27,29,31-34,36,46H,12-13,16-25,41H2,1-9H3,(H,42,47)(H,43,48)/t31-,32-,33-,34-,36?/m0/s1. The number of aliphatic hydroxyl groups is 1. The number of ketones is 1. The second-order valence-electron chi connectivity index (χ2n) is 16.0. The number of esters is 1. The highest BCUT2D eigenvalue weighted by Crippen LogP contribution is 2.31. The van der Waals surface area contributed by atoms with Crippen LogP contribution in [0.1, 0.15) is 104 Å². The van der Waals surface area contributed by atoms with Crippen molar-refractivity contribution in [2.45, 2.75) is 112 Å². The second-order valence-corrected chi connectivity index (χ2v) is 16.0. The number of carbonyl (C=O) groups excluding carboxylic acids is 4. The van der Waals surface area contributed by atoms with Crippen LogP contribution in [-0.4, -0.2) is 97.9 Å². The van der Waals surface area contributed by atoms with Crippen molar-refractivity contribution >= 4 is 23.6 Å². The molecule has 2 rings (SSSR count). The molecule has 296 valence electrons. The number of piperidine rings is 1. The zero-order valence-electron chi connectivity index (χ0n) is 33.2. The first kappa shape index (κ1) is 45.1. The summed E-state index contributed by atoms with van der Waals surface area (Å²) in [7, 11) is 1.65. The molecule has 1 aromatic carbocycles. The number of nitrogens with zero attached hydrogens (tertiary/aromatic N) is 1. The van der Waals surface area contributed by atoms with Gasteiger partial charge in [-0.15, -0.1) is 0 Å². The van der Waals surface area contributed by atoms with E-state index in [1.54, 1.807) is 59.1 Å². The molecule has 0 spiro atoms. The van der Waals surface area contributed by atoms with Gasteiger partial charge >= 0.3 is 5.97 Å². The number of nitrogens with two attached hydrogens (primary N) is 1. The largest absolute Gasteiger partial charge is 0.493 e. The van der Waals surface area contributed by atoms with E-state index in [4.69, 9.17) is 19.9 Å². The Hall–Kier alpha value is -3.06. The lowest BCUT2D eigenvalue weighted by molar-refractivity contribution is -0.166. The monoisotopic (exact) mass is 733 g/mol. The topological polar surface area (TPSA) is 170 Å². The summed E-state index contributed by atoms with van der Waals surface area (Å²) in [5.74, 6) is -2.51. The minimum absolute atomic E-state index is 0.0545. The predicted molar refractivity (Wildman–Crippen MR) is 203 cm³/mol. The first-order valence-corrected chi connectivity index (χ1v) is 19.1. The van der Waals surface area contributed by atoms with Gasteiger partial charge in [0.1, 0.15) is 17.1 Å². The molecule has 0 aliphatic carbocycles. The third-order valence-corrected chi connectivity index (χ3v) is 9.97. The number of nitrogens with one attached hydrogen (secondary N) is 2. The van der Waals surface area contributed by atoms with Crippen molar-refractivity contribution in [3.05, 3.63) is 29.8 Å². The van der Waals surface area contributed by atoms with Gasteiger partial charge in [0, 0.05) is 38.6 Å². The first-order chi connectivity index (χ1) is 24.4. The number of hydrogen-bond acceptors (Lipinski definition) is 10. The maximum Gasteiger partial charge on any atom is 0.312 e. The van der Waals surface area contributed by atoms with Crippen LogP contribution in [0.5, 0.6) is 5.75 Å². The van der Waals surface area contributed by atoms with Crippen LogP contribution in [-0.2, 0) is 23.9 Å². The fraction of sp³-hybridized carbons (Fsp3) is 0.750. The Bertz CT molecular complexity index is 1260. The number of carbonyl (C=O) groups is 4. The maximum absolute atomic E-state index is 13.7. The SMILES string of the molecule is COCCCCOc1ccccc1C(=O)NC(N)[C@@H](C[C@H](C(=O)OC(C)(C)C)[C@@H](O)C[C@H](C(=O)NCCN1CCC(C(C)=O)CC1)C(C)C)C(C)C. The Morgan fingerprint density at radius 3 is 2.17 bits per heavy atom. The van der Waals surface area contributed by atoms with Crippen molar-refractivity contribution in [3.8, 4) is 5.75 Å². The van der Waals surface area contributed by atoms with Crippen molar-refractivity contribution in [1.82, 2.24) is 15.5 Å². The predicted octanol–water partition coefficient (Wildman–Crippen LogP) is 4.57. The molecule has 5 N–H and O–H groups in total. The molecule has 0 bridgehead atoms. The smallest absolute Gasteiger partial charge is 0.312 e. The van der Waals surface area contributed by atoms with Crippen LogP contribution in [0, 0.1) is 35.5 Å². The molecule has 0 aromatic heterocycles. The van der Waals surface area contributed by atoms with Crippen molar-refractivity contribution < 1.29 is 38.5 Å². The molecule has 0 radical (unpaired) electrons. The number of benzene rings is 1. The van der Waals surface area contributed by atoms with E-state index in [-0.39, 0.29) is 42.3 Å². The van der Waals surface area contributed by atoms with Crippen molar-refractivity contribution in [2.75, 3.05) is 46.5 Å². The Kier molecular flexibility index (Phi) is 19.3. The van der Waals surface area contributed by atoms with E-state index in [1.165, 1.54) is 0 Å². The molecule has 1 aliphatic rings. The van der Waals surface area contributed by atoms with Gasteiger partial charge in [-0.05, 0) is 109 Å². The number of unbranched alkanes of at least 4 members (excludes halogenated alkanes) is 1. The molecule has 12 heteroatoms. The molecular formula is C40H68N4O8. The number of likely N-dealkylation sites (tertiary alicyclic amines) is 1. The third kappa shape index (κ3) is 15.5. The molecule has 1 fully saturated rings. The lowest BCUT2D eigenvalue weighted by Gasteiger charge is -2.35. The fourth-order valence-electron chi connectivity index (χ4n) is 6.70. The van der Waals surface area contributed by atoms with Crippen LogP contribution in [0.4, 0.5) is 0 Å². The van der Waals surface area contributed by atoms with E-state index < -0.39 is 47.5 Å². The fourth-order valence-corrected chi connectivity index (χ4v) is 6.70. The minimum atomic E-state index is -1.20. The van der Waals surface area contributed by atoms with E-state index in [9.17, 15) is 24.3 Å². The lowest BCUT2D eigenvalue weighted by atomic mass is 9.78. The Morgan fingerprint density at radius 2 is 1.60 bits per heavy atom. The zero-order valence-corrected chi connectivity index (χ0v) is 33.2. The van der Waals surface area contributed by atoms with Gasteiger partial charge in [-0.25, -0.2) is 0 Å². The van der Waals surface area contributed by atoms with E-state index >= 15 is 0 Å². The molecule has 1 aromatic rings. The van der Waals surface area contributed by atoms with Gasteiger partial charge in [0.2, 0.25) is 5.91 Å². The quantitative estimate of drug-likeness (QED) is 0.0753. The van der Waals surface area contributed by atoms with E-state index in [2.05, 4.69) is 15.5 Å². The minimum Gasteiger partial charge on any atom is -0.493 e. The number of ether oxygens (including phenoxy) is 3. The Morgan fingerprint density at radius 1 is 0.962 bits per heavy atom. The van der Waals surface area contributed by atoms with E-state index in [1.807, 2.05) is 27.7 Å². The summed E-state index contributed by atoms with van der Waals surface area (Å²) >= 11 is 0. The van der Waals surface area contributed by atoms with Gasteiger partial charge in [0.05, 0.1) is 30.4 Å². The van der Waals surface area contributed by atoms with Crippen molar-refractivity contribution in [3.63, 3.8) is 0 Å². The molecule has 0 saturated carbocycles. The van der Waals surface area contributed by atoms with Crippen LogP contribution in [0.25, 0.3) is 0 Å². The van der Waals surface area contributed by atoms with Crippen LogP contribution < -0.4 is 21.1 Å². The number of Topliss-reactive ketones (excluding diaryl/α,β-unsaturated/α-hetero) is 1. The molecule has 2 amide bonds. The second kappa shape index (κ2) is 22.2. The number of rotatable bonds is 22. The number of aliphatic hydroxyl groups excluding tert-OH is 1. The van der Waals surface area contributed by atoms with E-state index in [0.29, 0.717) is 37.6 Å². The van der Waals surface area contributed by atoms with Gasteiger partial charge in [-0.1, -0.05) is 39.8 Å². The summed E-state index contributed by atoms with van der Waals surface area (Å²) in [5, 5.41) is 17.7. The molecule has 12 nitrogen and oxygen atoms in total. The van der Waals surface area contributed by atoms with Gasteiger partial charge in [0.25, 0.3) is 5.91 Å². The summed E-state index contributed by atoms with van der Waals surface area (Å²) in [6.45, 7) is 18.5. The highest BCUT2D eigenvalue weighted by Gasteiger charge is 2.39. The third-order valence-electron chi connectivity index (χ3n) is 9.97. The number of hydrogen-bond donors (Lipinski definition) is 4. The van der Waals surface area contributed by atoms with Gasteiger partial charge in [0.15, 0.2) is 0 Å². The molecule has 1 unspecified atom stereocenters. The normalized spacial score (nSPS) is 17.2. The van der Waals surface area contributed by atoms with Crippen molar-refractivity contribution in [2.24, 2.45) is 41.2 Å². The maximum atomic E-state index is 13.7. The molecule has 1 heterocycles. The summed E-state index contributed by atoms with van der Waals surface area (Å²) in [6.07, 6.45) is 1.40. The molecule has 1 saturated heterocycles. The summed E-state index contributed by atoms with van der Waals surface area (Å²) in [4.78, 5) is 54.7. The first-order valence-electron chi connectivity index (χ1n) is 19.1. The zero-order chi connectivity index (χ0) is 39.0. The summed E-state index contributed by atoms with van der Waals surface area (Å²) < 4.78 is 16.8. The van der Waals surface area contributed by atoms with Crippen LogP contribution >= 0.6 is 0 Å². The van der Waals surface area contributed by atoms with Crippen LogP contribution in [0.3, 0.4) is 0 Å². The van der Waals surface area contributed by atoms with E-state index in [0.717, 1.165) is 38.8 Å². The number of methoxy groups -OCH3 is 1. The summed E-state index contributed by atoms with van der Waals surface area (Å²) in [5.41, 5.74) is 6.21. The van der Waals surface area contributed by atoms with Gasteiger partial charge in [-0.2, -0.15) is 0 Å². The number of amides is 2. The van der Waals surface area contributed by atoms with Gasteiger partial charge in [-0.3, -0.25) is 19.2 Å². The Balaban J connectivity index is 2.16. The average molecular weight is 733 g/mol. The van der Waals surface area contributed by atoms with Crippen LogP contribution in [0.2, 0.25) is 0 Å². The molecule has 5 atom stereocenters. The molecule has 1 aliphatic heterocycles. The average Bonchev–Trinajstić information content (AvgIpc) is 3.06. The highest BCUT2D eigenvalue weighted by atomic mass is 16.6. The summed E-state index contributed by atoms with van der Waals surface area (Å²) in [6, 6.07) is 6.98. The van der Waals surface area contributed by atoms with Gasteiger partial charge < -0.3 is 40.6 Å². The Labute approximate surface area is 312 Å². The highest BCUT2D eigenvalue weighted by molar-refractivity contribution is 5.97. The van der Waals surface area contributed by atoms with Crippen molar-refractivity contribution in [1.29, 1.82) is 0 Å². The molecule has 52 heavy (non-hydrogen) atoms. The lowest BCUT2D eigenvalue weighted by Crippen LogP contribution is -2.50.